The van der Waals surface area contributed by atoms with Crippen LogP contribution in [0.2, 0.25) is 0 Å². The topological polar surface area (TPSA) is 37.0 Å². The first-order valence-corrected chi connectivity index (χ1v) is 5.28. The fraction of sp³-hybridized carbons (Fsp3) is 0.545. The highest BCUT2D eigenvalue weighted by Crippen LogP contribution is 2.03. The molecule has 0 aromatic carbocycles. The largest absolute Gasteiger partial charge is 0.315 e. The lowest BCUT2D eigenvalue weighted by molar-refractivity contribution is 0.389. The van der Waals surface area contributed by atoms with Crippen molar-refractivity contribution in [1.29, 1.82) is 0 Å². The van der Waals surface area contributed by atoms with Crippen LogP contribution < -0.4 is 10.6 Å². The van der Waals surface area contributed by atoms with Crippen LogP contribution in [0.5, 0.6) is 0 Å². The van der Waals surface area contributed by atoms with Crippen molar-refractivity contribution in [3.63, 3.8) is 0 Å². The van der Waals surface area contributed by atoms with Crippen molar-refractivity contribution in [2.75, 3.05) is 13.1 Å². The Morgan fingerprint density at radius 2 is 1.94 bits per heavy atom. The molecule has 2 heterocycles. The minimum atomic E-state index is 0. The van der Waals surface area contributed by atoms with Gasteiger partial charge in [0.05, 0.1) is 0 Å². The molecular weight excluding hydrogens is 281 g/mol. The highest BCUT2D eigenvalue weighted by Gasteiger charge is 2.11. The minimum Gasteiger partial charge on any atom is -0.315 e. The highest BCUT2D eigenvalue weighted by molar-refractivity contribution is 5.86. The fourth-order valence-electron chi connectivity index (χ4n) is 1.79. The van der Waals surface area contributed by atoms with Crippen LogP contribution in [0.1, 0.15) is 18.4 Å². The summed E-state index contributed by atoms with van der Waals surface area (Å²) in [5.41, 5.74) is 1.31. The lowest BCUT2D eigenvalue weighted by Gasteiger charge is -2.23. The molecule has 0 saturated carbocycles. The fourth-order valence-corrected chi connectivity index (χ4v) is 1.79. The van der Waals surface area contributed by atoms with E-state index in [1.807, 2.05) is 12.4 Å². The molecule has 1 fully saturated rings. The minimum absolute atomic E-state index is 0. The molecule has 2 N–H and O–H groups in total. The molecule has 3 nitrogen and oxygen atoms in total. The summed E-state index contributed by atoms with van der Waals surface area (Å²) in [5.74, 6) is 0. The molecule has 100 valence electrons. The first-order chi connectivity index (χ1) is 6.95. The summed E-state index contributed by atoms with van der Waals surface area (Å²) >= 11 is 0. The van der Waals surface area contributed by atoms with Crippen LogP contribution >= 0.6 is 37.2 Å². The summed E-state index contributed by atoms with van der Waals surface area (Å²) in [5, 5.41) is 6.94. The second kappa shape index (κ2) is 11.1. The van der Waals surface area contributed by atoms with Crippen LogP contribution in [0.25, 0.3) is 0 Å². The van der Waals surface area contributed by atoms with Crippen LogP contribution in [0, 0.1) is 0 Å². The first-order valence-electron chi connectivity index (χ1n) is 5.28. The van der Waals surface area contributed by atoms with Gasteiger partial charge in [-0.05, 0) is 37.1 Å². The Hall–Kier alpha value is -0.0600. The SMILES string of the molecule is Cl.Cl.Cl.c1cc(CNC2CCCNC2)ccn1. The summed E-state index contributed by atoms with van der Waals surface area (Å²) in [4.78, 5) is 4.00. The van der Waals surface area contributed by atoms with Crippen LogP contribution in [-0.4, -0.2) is 24.1 Å². The monoisotopic (exact) mass is 299 g/mol. The third kappa shape index (κ3) is 7.06. The average molecular weight is 301 g/mol. The Morgan fingerprint density at radius 3 is 2.53 bits per heavy atom. The molecule has 1 aromatic rings. The molecule has 17 heavy (non-hydrogen) atoms. The molecular formula is C11H20Cl3N3. The third-order valence-corrected chi connectivity index (χ3v) is 2.64. The van der Waals surface area contributed by atoms with Gasteiger partial charge in [-0.3, -0.25) is 4.98 Å². The summed E-state index contributed by atoms with van der Waals surface area (Å²) in [6, 6.07) is 4.75. The second-order valence-electron chi connectivity index (χ2n) is 3.78. The number of nitrogens with zero attached hydrogens (tertiary/aromatic N) is 1. The molecule has 1 aliphatic rings. The Labute approximate surface area is 121 Å². The van der Waals surface area contributed by atoms with E-state index in [4.69, 9.17) is 0 Å². The molecule has 6 heteroatoms. The van der Waals surface area contributed by atoms with E-state index >= 15 is 0 Å². The molecule has 2 rings (SSSR count). The molecule has 0 radical (unpaired) electrons. The normalized spacial score (nSPS) is 18.2. The Balaban J connectivity index is 0. The van der Waals surface area contributed by atoms with Crippen LogP contribution in [0.3, 0.4) is 0 Å². The van der Waals surface area contributed by atoms with E-state index in [0.29, 0.717) is 6.04 Å². The van der Waals surface area contributed by atoms with Gasteiger partial charge in [-0.1, -0.05) is 0 Å². The van der Waals surface area contributed by atoms with Gasteiger partial charge in [-0.2, -0.15) is 0 Å². The van der Waals surface area contributed by atoms with Gasteiger partial charge in [0, 0.05) is 31.5 Å². The molecule has 1 atom stereocenters. The number of rotatable bonds is 3. The third-order valence-electron chi connectivity index (χ3n) is 2.64. The van der Waals surface area contributed by atoms with Crippen LogP contribution in [0.4, 0.5) is 0 Å². The maximum Gasteiger partial charge on any atom is 0.0271 e. The zero-order valence-corrected chi connectivity index (χ0v) is 12.0. The molecule has 0 amide bonds. The van der Waals surface area contributed by atoms with E-state index in [9.17, 15) is 0 Å². The average Bonchev–Trinajstić information content (AvgIpc) is 2.29. The van der Waals surface area contributed by atoms with E-state index in [2.05, 4.69) is 27.8 Å². The predicted molar refractivity (Wildman–Crippen MR) is 78.7 cm³/mol. The molecule has 0 aliphatic carbocycles. The smallest absolute Gasteiger partial charge is 0.0271 e. The predicted octanol–water partition coefficient (Wildman–Crippen LogP) is 2.19. The van der Waals surface area contributed by atoms with Crippen molar-refractivity contribution in [2.45, 2.75) is 25.4 Å². The van der Waals surface area contributed by atoms with Crippen molar-refractivity contribution >= 4 is 37.2 Å². The van der Waals surface area contributed by atoms with Crippen molar-refractivity contribution in [3.05, 3.63) is 30.1 Å². The van der Waals surface area contributed by atoms with Crippen LogP contribution in [-0.2, 0) is 6.54 Å². The van der Waals surface area contributed by atoms with Gasteiger partial charge in [0.25, 0.3) is 0 Å². The van der Waals surface area contributed by atoms with Gasteiger partial charge >= 0.3 is 0 Å². The van der Waals surface area contributed by atoms with Crippen LogP contribution in [0.15, 0.2) is 24.5 Å². The second-order valence-corrected chi connectivity index (χ2v) is 3.78. The molecule has 1 aromatic heterocycles. The number of hydrogen-bond donors (Lipinski definition) is 2. The van der Waals surface area contributed by atoms with E-state index in [1.165, 1.54) is 24.9 Å². The summed E-state index contributed by atoms with van der Waals surface area (Å²) in [6.07, 6.45) is 6.26. The Kier molecular flexibility index (Phi) is 12.5. The quantitative estimate of drug-likeness (QED) is 0.898. The molecule has 1 saturated heterocycles. The summed E-state index contributed by atoms with van der Waals surface area (Å²) in [6.45, 7) is 3.23. The zero-order valence-electron chi connectivity index (χ0n) is 9.59. The first kappa shape index (κ1) is 19.3. The van der Waals surface area contributed by atoms with Gasteiger partial charge < -0.3 is 10.6 Å². The summed E-state index contributed by atoms with van der Waals surface area (Å²) in [7, 11) is 0. The zero-order chi connectivity index (χ0) is 9.64. The van der Waals surface area contributed by atoms with Crippen molar-refractivity contribution in [3.8, 4) is 0 Å². The number of aromatic nitrogens is 1. The lowest BCUT2D eigenvalue weighted by atomic mass is 10.1. The molecule has 0 spiro atoms. The molecule has 0 bridgehead atoms. The number of piperidine rings is 1. The van der Waals surface area contributed by atoms with Gasteiger partial charge in [0.15, 0.2) is 0 Å². The maximum atomic E-state index is 4.00. The van der Waals surface area contributed by atoms with E-state index in [0.717, 1.165) is 13.1 Å². The van der Waals surface area contributed by atoms with Gasteiger partial charge in [0.2, 0.25) is 0 Å². The Morgan fingerprint density at radius 1 is 1.24 bits per heavy atom. The van der Waals surface area contributed by atoms with Crippen molar-refractivity contribution < 1.29 is 0 Å². The van der Waals surface area contributed by atoms with Gasteiger partial charge in [0.1, 0.15) is 0 Å². The van der Waals surface area contributed by atoms with Crippen molar-refractivity contribution in [1.82, 2.24) is 15.6 Å². The standard InChI is InChI=1S/C11H17N3.3ClH/c1-2-11(9-13-5-1)14-8-10-3-6-12-7-4-10;;;/h3-4,6-7,11,13-14H,1-2,5,8-9H2;3*1H. The summed E-state index contributed by atoms with van der Waals surface area (Å²) < 4.78 is 0. The van der Waals surface area contributed by atoms with E-state index in [1.54, 1.807) is 0 Å². The van der Waals surface area contributed by atoms with Gasteiger partial charge in [-0.15, -0.1) is 37.2 Å². The Bertz CT molecular complexity index is 266. The number of halogens is 3. The number of nitrogens with one attached hydrogen (secondary N) is 2. The molecule has 1 aliphatic heterocycles. The van der Waals surface area contributed by atoms with Crippen molar-refractivity contribution in [2.24, 2.45) is 0 Å². The number of hydrogen-bond acceptors (Lipinski definition) is 3. The van der Waals surface area contributed by atoms with E-state index in [-0.39, 0.29) is 37.2 Å². The molecule has 1 unspecified atom stereocenters. The number of pyridine rings is 1. The maximum absolute atomic E-state index is 4.00. The highest BCUT2D eigenvalue weighted by atomic mass is 35.5. The van der Waals surface area contributed by atoms with Gasteiger partial charge in [-0.25, -0.2) is 0 Å². The van der Waals surface area contributed by atoms with E-state index < -0.39 is 0 Å². The lowest BCUT2D eigenvalue weighted by Crippen LogP contribution is -2.42.